The van der Waals surface area contributed by atoms with Crippen LogP contribution in [0.25, 0.3) is 0 Å². The number of halogens is 5. The molecule has 1 N–H and O–H groups in total. The van der Waals surface area contributed by atoms with E-state index in [4.69, 9.17) is 18.3 Å². The van der Waals surface area contributed by atoms with E-state index in [1.165, 1.54) is 36.8 Å². The molecule has 0 bridgehead atoms. The van der Waals surface area contributed by atoms with E-state index in [1.807, 2.05) is 41.5 Å². The Balaban J connectivity index is 0.000000602. The molecule has 300 valence electrons. The summed E-state index contributed by atoms with van der Waals surface area (Å²) < 4.78 is 81.9. The second-order valence-electron chi connectivity index (χ2n) is 17.4. The summed E-state index contributed by atoms with van der Waals surface area (Å²) >= 11 is 3.53. The lowest BCUT2D eigenvalue weighted by Gasteiger charge is -2.50. The van der Waals surface area contributed by atoms with E-state index < -0.39 is 27.1 Å². The third kappa shape index (κ3) is 15.2. The van der Waals surface area contributed by atoms with Crippen molar-refractivity contribution in [3.8, 4) is 5.75 Å². The summed E-state index contributed by atoms with van der Waals surface area (Å²) in [6.45, 7) is 23.3. The Morgan fingerprint density at radius 2 is 1.47 bits per heavy atom. The molecular formula is C39H68F5O5PS. The van der Waals surface area contributed by atoms with Crippen LogP contribution in [-0.4, -0.2) is 47.1 Å². The zero-order chi connectivity index (χ0) is 38.3. The van der Waals surface area contributed by atoms with Gasteiger partial charge in [0.1, 0.15) is 5.75 Å². The van der Waals surface area contributed by atoms with Crippen molar-refractivity contribution < 1.29 is 45.4 Å². The SMILES string of the molecule is C.CC(C)(C)OP(OCOc1ccc2c(c1)CCC1C2CCC2(C)C(O)CCC12)OC(C)(C)C.CCC(C)(C)C.FC(F)(F)C(F)(F)CCCS. The van der Waals surface area contributed by atoms with Gasteiger partial charge in [-0.1, -0.05) is 54.5 Å². The highest BCUT2D eigenvalue weighted by Gasteiger charge is 2.56. The molecule has 2 fully saturated rings. The van der Waals surface area contributed by atoms with E-state index in [0.29, 0.717) is 23.2 Å². The Labute approximate surface area is 312 Å². The van der Waals surface area contributed by atoms with Crippen molar-refractivity contribution in [2.24, 2.45) is 22.7 Å². The molecule has 0 aliphatic heterocycles. The molecule has 5 unspecified atom stereocenters. The Morgan fingerprint density at radius 3 is 1.96 bits per heavy atom. The highest BCUT2D eigenvalue weighted by molar-refractivity contribution is 7.80. The van der Waals surface area contributed by atoms with Crippen LogP contribution >= 0.6 is 21.2 Å². The molecule has 1 aromatic rings. The summed E-state index contributed by atoms with van der Waals surface area (Å²) in [5.41, 5.74) is 2.87. The van der Waals surface area contributed by atoms with Crippen molar-refractivity contribution in [2.75, 3.05) is 12.5 Å². The van der Waals surface area contributed by atoms with Crippen LogP contribution in [0.3, 0.4) is 0 Å². The molecule has 3 aliphatic rings. The lowest BCUT2D eigenvalue weighted by atomic mass is 9.55. The maximum absolute atomic E-state index is 12.0. The van der Waals surface area contributed by atoms with Gasteiger partial charge < -0.3 is 18.9 Å². The van der Waals surface area contributed by atoms with Crippen LogP contribution < -0.4 is 4.74 Å². The van der Waals surface area contributed by atoms with Gasteiger partial charge in [-0.15, -0.1) is 0 Å². The van der Waals surface area contributed by atoms with Crippen LogP contribution in [0.4, 0.5) is 22.0 Å². The predicted molar refractivity (Wildman–Crippen MR) is 203 cm³/mol. The first-order valence-electron chi connectivity index (χ1n) is 18.0. The fourth-order valence-corrected chi connectivity index (χ4v) is 8.05. The molecule has 5 atom stereocenters. The topological polar surface area (TPSA) is 57.2 Å². The van der Waals surface area contributed by atoms with Gasteiger partial charge in [0.25, 0.3) is 0 Å². The lowest BCUT2D eigenvalue weighted by molar-refractivity contribution is -0.284. The molecule has 0 spiro atoms. The second kappa shape index (κ2) is 19.2. The molecule has 12 heteroatoms. The van der Waals surface area contributed by atoms with Crippen LogP contribution in [0, 0.1) is 22.7 Å². The lowest BCUT2D eigenvalue weighted by Crippen LogP contribution is -2.43. The van der Waals surface area contributed by atoms with E-state index in [9.17, 15) is 27.1 Å². The van der Waals surface area contributed by atoms with Crippen molar-refractivity contribution in [2.45, 2.75) is 177 Å². The third-order valence-electron chi connectivity index (χ3n) is 9.85. The smallest absolute Gasteiger partial charge is 0.453 e. The standard InChI is InChI=1S/C27H43O5P.C6H14.C5H7F5S.CH4/c1-25(2,3)31-33(32-26(4,5)6)30-17-29-19-9-11-20-18(16-19)8-10-22-21(20)14-15-27(7)23(22)12-13-24(27)28;1-5-6(2,3)4;6-4(7,2-1-3-11)5(8,9)10;/h9,11,16,21-24,28H,8,10,12-15,17H2,1-7H3;5H2,1-4H3;11H,1-3H2;1H4. The monoisotopic (exact) mass is 774 g/mol. The number of fused-ring (bicyclic) bond motifs is 5. The van der Waals surface area contributed by atoms with Crippen LogP contribution in [-0.2, 0) is 20.0 Å². The maximum atomic E-state index is 12.0. The van der Waals surface area contributed by atoms with E-state index in [1.54, 1.807) is 0 Å². The van der Waals surface area contributed by atoms with Crippen molar-refractivity contribution >= 4 is 21.2 Å². The average Bonchev–Trinajstić information content (AvgIpc) is 3.28. The minimum absolute atomic E-state index is 0. The van der Waals surface area contributed by atoms with Crippen LogP contribution in [0.5, 0.6) is 5.75 Å². The summed E-state index contributed by atoms with van der Waals surface area (Å²) in [6.07, 6.45) is 1.10. The Morgan fingerprint density at radius 1 is 0.902 bits per heavy atom. The zero-order valence-electron chi connectivity index (χ0n) is 32.2. The number of thiol groups is 1. The highest BCUT2D eigenvalue weighted by atomic mass is 32.1. The largest absolute Gasteiger partial charge is 0.467 e. The summed E-state index contributed by atoms with van der Waals surface area (Å²) in [5, 5.41) is 10.6. The molecule has 3 aliphatic carbocycles. The first kappa shape index (κ1) is 48.3. The fourth-order valence-electron chi connectivity index (χ4n) is 6.72. The molecule has 51 heavy (non-hydrogen) atoms. The van der Waals surface area contributed by atoms with Gasteiger partial charge in [-0.2, -0.15) is 34.6 Å². The number of aliphatic hydroxyl groups excluding tert-OH is 1. The minimum atomic E-state index is -5.42. The molecule has 2 saturated carbocycles. The van der Waals surface area contributed by atoms with E-state index in [-0.39, 0.29) is 49.1 Å². The summed E-state index contributed by atoms with van der Waals surface area (Å²) in [4.78, 5) is 0. The second-order valence-corrected chi connectivity index (χ2v) is 18.9. The number of aliphatic hydroxyl groups is 1. The third-order valence-corrected chi connectivity index (χ3v) is 11.9. The molecule has 1 aromatic carbocycles. The van der Waals surface area contributed by atoms with E-state index in [0.717, 1.165) is 25.0 Å². The van der Waals surface area contributed by atoms with Crippen LogP contribution in [0.1, 0.15) is 152 Å². The van der Waals surface area contributed by atoms with Gasteiger partial charge in [0.2, 0.25) is 0 Å². The van der Waals surface area contributed by atoms with Gasteiger partial charge in [0.05, 0.1) is 17.3 Å². The number of hydrogen-bond donors (Lipinski definition) is 2. The molecule has 0 saturated heterocycles. The fraction of sp³-hybridized carbons (Fsp3) is 0.846. The highest BCUT2D eigenvalue weighted by Crippen LogP contribution is 2.61. The molecule has 4 rings (SSSR count). The molecular weight excluding hydrogens is 706 g/mol. The van der Waals surface area contributed by atoms with Gasteiger partial charge in [-0.05, 0) is 144 Å². The quantitative estimate of drug-likeness (QED) is 0.113. The molecule has 0 amide bonds. The average molecular weight is 775 g/mol. The van der Waals surface area contributed by atoms with Gasteiger partial charge in [-0.25, -0.2) is 0 Å². The molecule has 0 aromatic heterocycles. The maximum Gasteiger partial charge on any atom is 0.453 e. The Hall–Kier alpha value is -0.710. The number of benzene rings is 1. The molecule has 0 radical (unpaired) electrons. The van der Waals surface area contributed by atoms with Crippen LogP contribution in [0.15, 0.2) is 18.2 Å². The number of rotatable bonds is 9. The summed E-state index contributed by atoms with van der Waals surface area (Å²) in [7, 11) is -1.51. The summed E-state index contributed by atoms with van der Waals surface area (Å²) in [5.74, 6) is -1.70. The van der Waals surface area contributed by atoms with Gasteiger partial charge in [-0.3, -0.25) is 4.52 Å². The van der Waals surface area contributed by atoms with Crippen molar-refractivity contribution in [3.05, 3.63) is 29.3 Å². The number of alkyl halides is 5. The number of hydrogen-bond acceptors (Lipinski definition) is 6. The first-order valence-corrected chi connectivity index (χ1v) is 19.8. The Kier molecular flexibility index (Phi) is 18.2. The van der Waals surface area contributed by atoms with Crippen LogP contribution in [0.2, 0.25) is 0 Å². The van der Waals surface area contributed by atoms with E-state index in [2.05, 4.69) is 65.4 Å². The van der Waals surface area contributed by atoms with Gasteiger partial charge in [0, 0.05) is 6.42 Å². The summed E-state index contributed by atoms with van der Waals surface area (Å²) in [6, 6.07) is 6.55. The van der Waals surface area contributed by atoms with Gasteiger partial charge in [0.15, 0.2) is 6.79 Å². The normalized spacial score (nSPS) is 24.9. The Bertz CT molecular complexity index is 1160. The first-order chi connectivity index (χ1) is 22.7. The molecule has 5 nitrogen and oxygen atoms in total. The zero-order valence-corrected chi connectivity index (χ0v) is 34.0. The number of ether oxygens (including phenoxy) is 1. The predicted octanol–water partition coefficient (Wildman–Crippen LogP) is 13.1. The van der Waals surface area contributed by atoms with E-state index >= 15 is 0 Å². The van der Waals surface area contributed by atoms with Crippen molar-refractivity contribution in [1.82, 2.24) is 0 Å². The number of aryl methyl sites for hydroxylation is 1. The minimum Gasteiger partial charge on any atom is -0.467 e. The van der Waals surface area contributed by atoms with Crippen molar-refractivity contribution in [1.29, 1.82) is 0 Å². The van der Waals surface area contributed by atoms with Gasteiger partial charge >= 0.3 is 20.7 Å². The van der Waals surface area contributed by atoms with Crippen molar-refractivity contribution in [3.63, 3.8) is 0 Å². The molecule has 0 heterocycles.